The van der Waals surface area contributed by atoms with E-state index in [4.69, 9.17) is 4.74 Å². The lowest BCUT2D eigenvalue weighted by molar-refractivity contribution is 0.340. The summed E-state index contributed by atoms with van der Waals surface area (Å²) in [7, 11) is 0. The molecule has 0 bridgehead atoms. The second-order valence-corrected chi connectivity index (χ2v) is 4.02. The van der Waals surface area contributed by atoms with Crippen molar-refractivity contribution in [3.05, 3.63) is 59.7 Å². The summed E-state index contributed by atoms with van der Waals surface area (Å²) in [4.78, 5) is 0. The first kappa shape index (κ1) is 15.3. The molecule has 1 aromatic carbocycles. The molecular formula is C18H24O. The zero-order valence-electron chi connectivity index (χ0n) is 12.2. The van der Waals surface area contributed by atoms with E-state index in [0.29, 0.717) is 6.61 Å². The van der Waals surface area contributed by atoms with E-state index in [9.17, 15) is 0 Å². The van der Waals surface area contributed by atoms with Crippen molar-refractivity contribution in [1.29, 1.82) is 0 Å². The van der Waals surface area contributed by atoms with Gasteiger partial charge < -0.3 is 4.74 Å². The van der Waals surface area contributed by atoms with E-state index in [1.54, 1.807) is 0 Å². The molecule has 1 heteroatoms. The lowest BCUT2D eigenvalue weighted by Gasteiger charge is -2.03. The van der Waals surface area contributed by atoms with Gasteiger partial charge in [-0.3, -0.25) is 0 Å². The molecule has 1 aliphatic rings. The van der Waals surface area contributed by atoms with Crippen LogP contribution >= 0.6 is 0 Å². The van der Waals surface area contributed by atoms with E-state index in [0.717, 1.165) is 12.2 Å². The molecule has 102 valence electrons. The lowest BCUT2D eigenvalue weighted by atomic mass is 10.1. The highest BCUT2D eigenvalue weighted by Gasteiger charge is 1.94. The first-order chi connectivity index (χ1) is 9.38. The first-order valence-corrected chi connectivity index (χ1v) is 7.16. The van der Waals surface area contributed by atoms with Crippen molar-refractivity contribution in [2.24, 2.45) is 0 Å². The fraction of sp³-hybridized carbons (Fsp3) is 0.333. The molecule has 0 unspecified atom stereocenters. The van der Waals surface area contributed by atoms with Crippen molar-refractivity contribution in [3.63, 3.8) is 0 Å². The van der Waals surface area contributed by atoms with Crippen molar-refractivity contribution in [3.8, 4) is 5.75 Å². The zero-order valence-corrected chi connectivity index (χ0v) is 12.2. The molecule has 2 rings (SSSR count). The van der Waals surface area contributed by atoms with Crippen molar-refractivity contribution < 1.29 is 4.74 Å². The van der Waals surface area contributed by atoms with Gasteiger partial charge in [-0.1, -0.05) is 56.4 Å². The molecule has 19 heavy (non-hydrogen) atoms. The predicted octanol–water partition coefficient (Wildman–Crippen LogP) is 5.40. The second-order valence-electron chi connectivity index (χ2n) is 4.02. The Kier molecular flexibility index (Phi) is 7.41. The third kappa shape index (κ3) is 5.60. The summed E-state index contributed by atoms with van der Waals surface area (Å²) < 4.78 is 5.41. The summed E-state index contributed by atoms with van der Waals surface area (Å²) in [6, 6.07) is 8.17. The topological polar surface area (TPSA) is 9.23 Å². The molecule has 0 N–H and O–H groups in total. The van der Waals surface area contributed by atoms with E-state index >= 15 is 0 Å². The van der Waals surface area contributed by atoms with E-state index in [1.165, 1.54) is 17.6 Å². The fourth-order valence-corrected chi connectivity index (χ4v) is 1.79. The minimum absolute atomic E-state index is 0.715. The molecule has 0 saturated heterocycles. The largest absolute Gasteiger partial charge is 0.494 e. The van der Waals surface area contributed by atoms with Gasteiger partial charge in [0.25, 0.3) is 0 Å². The quantitative estimate of drug-likeness (QED) is 0.700. The smallest absolute Gasteiger partial charge is 0.119 e. The number of allylic oxidation sites excluding steroid dienone is 5. The minimum atomic E-state index is 0.715. The van der Waals surface area contributed by atoms with Crippen LogP contribution in [-0.4, -0.2) is 6.61 Å². The van der Waals surface area contributed by atoms with Gasteiger partial charge in [-0.05, 0) is 43.0 Å². The maximum atomic E-state index is 5.41. The Morgan fingerprint density at radius 2 is 1.79 bits per heavy atom. The van der Waals surface area contributed by atoms with Gasteiger partial charge in [0, 0.05) is 0 Å². The van der Waals surface area contributed by atoms with Crippen LogP contribution in [0.4, 0.5) is 0 Å². The first-order valence-electron chi connectivity index (χ1n) is 7.16. The van der Waals surface area contributed by atoms with Crippen LogP contribution in [0.25, 0.3) is 6.08 Å². The van der Waals surface area contributed by atoms with Crippen LogP contribution in [0.3, 0.4) is 0 Å². The third-order valence-corrected chi connectivity index (χ3v) is 2.68. The molecular weight excluding hydrogens is 232 g/mol. The van der Waals surface area contributed by atoms with Gasteiger partial charge in [0.1, 0.15) is 5.75 Å². The van der Waals surface area contributed by atoms with E-state index in [2.05, 4.69) is 42.5 Å². The molecule has 1 nitrogen and oxygen atoms in total. The van der Waals surface area contributed by atoms with Gasteiger partial charge >= 0.3 is 0 Å². The van der Waals surface area contributed by atoms with E-state index < -0.39 is 0 Å². The summed E-state index contributed by atoms with van der Waals surface area (Å²) in [6.45, 7) is 6.71. The Labute approximate surface area is 117 Å². The maximum Gasteiger partial charge on any atom is 0.119 e. The van der Waals surface area contributed by atoms with Gasteiger partial charge in [-0.15, -0.1) is 0 Å². The van der Waals surface area contributed by atoms with Crippen molar-refractivity contribution >= 4 is 6.08 Å². The minimum Gasteiger partial charge on any atom is -0.494 e. The average Bonchev–Trinajstić information content (AvgIpc) is 2.50. The normalized spacial score (nSPS) is 13.7. The molecule has 0 saturated carbocycles. The number of ether oxygens (including phenoxy) is 1. The second kappa shape index (κ2) is 9.21. The standard InChI is InChI=1S/C16H18O.C2H6/c1-2-17-16-12-10-15(11-13-16)9-8-14-6-4-3-5-7-14;1-2/h4,6-13H,2-3,5H2,1H3;1-2H3/b9-8+;. The van der Waals surface area contributed by atoms with Gasteiger partial charge in [-0.2, -0.15) is 0 Å². The van der Waals surface area contributed by atoms with Crippen molar-refractivity contribution in [2.75, 3.05) is 6.61 Å². The molecule has 0 heterocycles. The number of rotatable bonds is 4. The van der Waals surface area contributed by atoms with Gasteiger partial charge in [0.15, 0.2) is 0 Å². The summed E-state index contributed by atoms with van der Waals surface area (Å²) in [5, 5.41) is 0. The van der Waals surface area contributed by atoms with Gasteiger partial charge in [0.2, 0.25) is 0 Å². The molecule has 0 fully saturated rings. The van der Waals surface area contributed by atoms with Gasteiger partial charge in [0.05, 0.1) is 6.61 Å². The summed E-state index contributed by atoms with van der Waals surface area (Å²) in [5.41, 5.74) is 2.50. The fourth-order valence-electron chi connectivity index (χ4n) is 1.79. The maximum absolute atomic E-state index is 5.41. The van der Waals surface area contributed by atoms with Crippen LogP contribution in [0.2, 0.25) is 0 Å². The van der Waals surface area contributed by atoms with Crippen LogP contribution < -0.4 is 4.74 Å². The van der Waals surface area contributed by atoms with Crippen LogP contribution in [0.5, 0.6) is 5.75 Å². The Morgan fingerprint density at radius 1 is 1.05 bits per heavy atom. The molecule has 1 aliphatic carbocycles. The zero-order chi connectivity index (χ0) is 13.9. The number of hydrogen-bond acceptors (Lipinski definition) is 1. The highest BCUT2D eigenvalue weighted by molar-refractivity contribution is 5.55. The average molecular weight is 256 g/mol. The lowest BCUT2D eigenvalue weighted by Crippen LogP contribution is -1.90. The summed E-state index contributed by atoms with van der Waals surface area (Å²) >= 11 is 0. The number of hydrogen-bond donors (Lipinski definition) is 0. The molecule has 0 spiro atoms. The van der Waals surface area contributed by atoms with Crippen molar-refractivity contribution in [2.45, 2.75) is 33.6 Å². The molecule has 0 radical (unpaired) electrons. The monoisotopic (exact) mass is 256 g/mol. The van der Waals surface area contributed by atoms with Crippen molar-refractivity contribution in [1.82, 2.24) is 0 Å². The van der Waals surface area contributed by atoms with Crippen LogP contribution in [0.1, 0.15) is 39.2 Å². The Hall–Kier alpha value is -1.76. The third-order valence-electron chi connectivity index (χ3n) is 2.68. The highest BCUT2D eigenvalue weighted by atomic mass is 16.5. The summed E-state index contributed by atoms with van der Waals surface area (Å²) in [5.74, 6) is 0.932. The highest BCUT2D eigenvalue weighted by Crippen LogP contribution is 2.15. The Bertz CT molecular complexity index is 435. The summed E-state index contributed by atoms with van der Waals surface area (Å²) in [6.07, 6.45) is 13.3. The van der Waals surface area contributed by atoms with E-state index in [-0.39, 0.29) is 0 Å². The SMILES string of the molecule is CC.CCOc1ccc(/C=C/C2=CCCC=C2)cc1. The van der Waals surface area contributed by atoms with E-state index in [1.807, 2.05) is 32.9 Å². The molecule has 0 amide bonds. The Morgan fingerprint density at radius 3 is 2.37 bits per heavy atom. The molecule has 0 atom stereocenters. The van der Waals surface area contributed by atoms with Crippen LogP contribution in [-0.2, 0) is 0 Å². The predicted molar refractivity (Wildman–Crippen MR) is 84.5 cm³/mol. The van der Waals surface area contributed by atoms with Gasteiger partial charge in [-0.25, -0.2) is 0 Å². The number of benzene rings is 1. The van der Waals surface area contributed by atoms with Crippen LogP contribution in [0, 0.1) is 0 Å². The molecule has 0 aliphatic heterocycles. The molecule has 1 aromatic rings. The van der Waals surface area contributed by atoms with Crippen LogP contribution in [0.15, 0.2) is 54.1 Å². The molecule has 0 aromatic heterocycles. The Balaban J connectivity index is 0.000000861.